The van der Waals surface area contributed by atoms with Crippen LogP contribution in [0, 0.1) is 0 Å². The van der Waals surface area contributed by atoms with E-state index in [1.54, 1.807) is 43.3 Å². The Morgan fingerprint density at radius 3 is 2.21 bits per heavy atom. The van der Waals surface area contributed by atoms with Crippen LogP contribution in [0.1, 0.15) is 32.3 Å². The average molecular weight is 474 g/mol. The number of sulfonamides is 1. The second-order valence-electron chi connectivity index (χ2n) is 7.85. The summed E-state index contributed by atoms with van der Waals surface area (Å²) < 4.78 is 32.4. The number of hydrogen-bond donors (Lipinski definition) is 1. The van der Waals surface area contributed by atoms with Gasteiger partial charge in [-0.05, 0) is 61.7 Å². The van der Waals surface area contributed by atoms with Gasteiger partial charge >= 0.3 is 0 Å². The van der Waals surface area contributed by atoms with Crippen LogP contribution in [-0.4, -0.2) is 62.2 Å². The Hall–Kier alpha value is -2.91. The van der Waals surface area contributed by atoms with E-state index >= 15 is 0 Å². The molecule has 0 spiro atoms. The second-order valence-corrected chi connectivity index (χ2v) is 9.78. The van der Waals surface area contributed by atoms with Gasteiger partial charge in [-0.3, -0.25) is 9.59 Å². The number of likely N-dealkylation sites (tertiary alicyclic amines) is 1. The Morgan fingerprint density at radius 1 is 1.00 bits per heavy atom. The fraction of sp³-hybridized carbons (Fsp3) is 0.417. The topological polar surface area (TPSA) is 96.0 Å². The van der Waals surface area contributed by atoms with Crippen LogP contribution in [0.5, 0.6) is 5.75 Å². The molecule has 0 bridgehead atoms. The van der Waals surface area contributed by atoms with Crippen LogP contribution in [-0.2, 0) is 26.0 Å². The van der Waals surface area contributed by atoms with E-state index in [4.69, 9.17) is 4.74 Å². The van der Waals surface area contributed by atoms with Crippen LogP contribution < -0.4 is 10.1 Å². The van der Waals surface area contributed by atoms with Crippen LogP contribution >= 0.6 is 0 Å². The number of likely N-dealkylation sites (N-methyl/N-ethyl adjacent to an activating group) is 1. The molecule has 0 aliphatic carbocycles. The van der Waals surface area contributed by atoms with Crippen molar-refractivity contribution < 1.29 is 22.7 Å². The Morgan fingerprint density at radius 2 is 1.64 bits per heavy atom. The molecule has 2 aromatic rings. The zero-order valence-corrected chi connectivity index (χ0v) is 19.9. The maximum absolute atomic E-state index is 12.9. The molecule has 0 radical (unpaired) electrons. The summed E-state index contributed by atoms with van der Waals surface area (Å²) in [6.07, 6.45) is 2.44. The van der Waals surface area contributed by atoms with Crippen molar-refractivity contribution in [1.29, 1.82) is 0 Å². The number of ether oxygens (including phenoxy) is 1. The quantitative estimate of drug-likeness (QED) is 0.572. The van der Waals surface area contributed by atoms with Gasteiger partial charge in [0.2, 0.25) is 21.8 Å². The van der Waals surface area contributed by atoms with Crippen LogP contribution in [0.15, 0.2) is 53.4 Å². The summed E-state index contributed by atoms with van der Waals surface area (Å²) in [4.78, 5) is 26.8. The summed E-state index contributed by atoms with van der Waals surface area (Å²) in [5.74, 6) is 0.262. The molecule has 8 nitrogen and oxygen atoms in total. The third-order valence-corrected chi connectivity index (χ3v) is 7.43. The highest BCUT2D eigenvalue weighted by molar-refractivity contribution is 7.89. The molecule has 33 heavy (non-hydrogen) atoms. The van der Waals surface area contributed by atoms with Crippen molar-refractivity contribution in [2.24, 2.45) is 0 Å². The molecule has 1 aliphatic heterocycles. The molecule has 9 heteroatoms. The van der Waals surface area contributed by atoms with Gasteiger partial charge in [0.15, 0.2) is 0 Å². The minimum atomic E-state index is -3.82. The molecule has 1 heterocycles. The first kappa shape index (κ1) is 24.7. The summed E-state index contributed by atoms with van der Waals surface area (Å²) in [5.41, 5.74) is 1.42. The van der Waals surface area contributed by atoms with Crippen LogP contribution in [0.4, 0.5) is 5.69 Å². The third kappa shape index (κ3) is 6.55. The fourth-order valence-corrected chi connectivity index (χ4v) is 5.12. The SMILES string of the molecule is CCOc1ccc(S(=O)(=O)N(CC)CC(=O)Nc2ccc(CC(=O)N3CCCC3)cc2)cc1. The maximum atomic E-state index is 12.9. The van der Waals surface area contributed by atoms with Crippen molar-refractivity contribution in [3.05, 3.63) is 54.1 Å². The lowest BCUT2D eigenvalue weighted by Crippen LogP contribution is -2.37. The number of carbonyl (C=O) groups is 2. The molecule has 3 rings (SSSR count). The molecule has 1 N–H and O–H groups in total. The van der Waals surface area contributed by atoms with E-state index in [-0.39, 0.29) is 23.9 Å². The lowest BCUT2D eigenvalue weighted by atomic mass is 10.1. The lowest BCUT2D eigenvalue weighted by molar-refractivity contribution is -0.129. The predicted molar refractivity (Wildman–Crippen MR) is 127 cm³/mol. The van der Waals surface area contributed by atoms with E-state index in [1.807, 2.05) is 11.8 Å². The number of carbonyl (C=O) groups excluding carboxylic acids is 2. The zero-order valence-electron chi connectivity index (χ0n) is 19.1. The van der Waals surface area contributed by atoms with Crippen molar-refractivity contribution in [1.82, 2.24) is 9.21 Å². The standard InChI is InChI=1S/C24H31N3O5S/c1-3-27(33(30,31)22-13-11-21(12-14-22)32-4-2)18-23(28)25-20-9-7-19(8-10-20)17-24(29)26-15-5-6-16-26/h7-14H,3-6,15-18H2,1-2H3,(H,25,28). The molecule has 0 unspecified atom stereocenters. The molecule has 2 amide bonds. The number of anilines is 1. The summed E-state index contributed by atoms with van der Waals surface area (Å²) in [7, 11) is -3.82. The van der Waals surface area contributed by atoms with Gasteiger partial charge in [0.05, 0.1) is 24.5 Å². The number of nitrogens with one attached hydrogen (secondary N) is 1. The highest BCUT2D eigenvalue weighted by Crippen LogP contribution is 2.20. The van der Waals surface area contributed by atoms with Crippen LogP contribution in [0.2, 0.25) is 0 Å². The number of hydrogen-bond acceptors (Lipinski definition) is 5. The number of amides is 2. The number of nitrogens with zero attached hydrogens (tertiary/aromatic N) is 2. The average Bonchev–Trinajstić information content (AvgIpc) is 3.34. The summed E-state index contributed by atoms with van der Waals surface area (Å²) in [5, 5.41) is 2.73. The molecule has 1 aliphatic rings. The first-order valence-electron chi connectivity index (χ1n) is 11.2. The molecule has 0 atom stereocenters. The van der Waals surface area contributed by atoms with Crippen molar-refractivity contribution >= 4 is 27.5 Å². The van der Waals surface area contributed by atoms with Gasteiger partial charge in [0, 0.05) is 25.3 Å². The summed E-state index contributed by atoms with van der Waals surface area (Å²) in [6.45, 7) is 5.51. The molecule has 1 fully saturated rings. The zero-order chi connectivity index (χ0) is 23.8. The van der Waals surface area contributed by atoms with Crippen molar-refractivity contribution in [3.8, 4) is 5.75 Å². The van der Waals surface area contributed by atoms with Gasteiger partial charge in [-0.15, -0.1) is 0 Å². The Balaban J connectivity index is 1.58. The van der Waals surface area contributed by atoms with Crippen molar-refractivity contribution in [2.45, 2.75) is 38.0 Å². The van der Waals surface area contributed by atoms with Crippen LogP contribution in [0.25, 0.3) is 0 Å². The largest absolute Gasteiger partial charge is 0.494 e. The highest BCUT2D eigenvalue weighted by Gasteiger charge is 2.25. The van der Waals surface area contributed by atoms with E-state index in [9.17, 15) is 18.0 Å². The van der Waals surface area contributed by atoms with E-state index in [2.05, 4.69) is 5.32 Å². The second kappa shape index (κ2) is 11.3. The molecule has 1 saturated heterocycles. The summed E-state index contributed by atoms with van der Waals surface area (Å²) in [6, 6.07) is 13.2. The van der Waals surface area contributed by atoms with E-state index in [1.165, 1.54) is 12.1 Å². The number of benzene rings is 2. The van der Waals surface area contributed by atoms with Crippen molar-refractivity contribution in [2.75, 3.05) is 38.1 Å². The molecule has 178 valence electrons. The Labute approximate surface area is 195 Å². The number of rotatable bonds is 10. The fourth-order valence-electron chi connectivity index (χ4n) is 3.71. The lowest BCUT2D eigenvalue weighted by Gasteiger charge is -2.20. The smallest absolute Gasteiger partial charge is 0.243 e. The first-order chi connectivity index (χ1) is 15.8. The van der Waals surface area contributed by atoms with Gasteiger partial charge in [-0.1, -0.05) is 19.1 Å². The van der Waals surface area contributed by atoms with Gasteiger partial charge in [0.1, 0.15) is 5.75 Å². The van der Waals surface area contributed by atoms with Crippen molar-refractivity contribution in [3.63, 3.8) is 0 Å². The predicted octanol–water partition coefficient (Wildman–Crippen LogP) is 2.90. The Bertz CT molecular complexity index is 1050. The van der Waals surface area contributed by atoms with E-state index in [0.717, 1.165) is 35.8 Å². The minimum absolute atomic E-state index is 0.104. The van der Waals surface area contributed by atoms with Gasteiger partial charge in [0.25, 0.3) is 0 Å². The van der Waals surface area contributed by atoms with Gasteiger partial charge in [-0.2, -0.15) is 4.31 Å². The maximum Gasteiger partial charge on any atom is 0.243 e. The molecule has 2 aromatic carbocycles. The summed E-state index contributed by atoms with van der Waals surface area (Å²) >= 11 is 0. The molecular weight excluding hydrogens is 442 g/mol. The highest BCUT2D eigenvalue weighted by atomic mass is 32.2. The first-order valence-corrected chi connectivity index (χ1v) is 12.7. The van der Waals surface area contributed by atoms with E-state index < -0.39 is 15.9 Å². The monoisotopic (exact) mass is 473 g/mol. The minimum Gasteiger partial charge on any atom is -0.494 e. The third-order valence-electron chi connectivity index (χ3n) is 5.50. The molecule has 0 aromatic heterocycles. The normalized spacial score (nSPS) is 13.8. The van der Waals surface area contributed by atoms with Crippen LogP contribution in [0.3, 0.4) is 0 Å². The molecule has 0 saturated carbocycles. The van der Waals surface area contributed by atoms with Gasteiger partial charge in [-0.25, -0.2) is 8.42 Å². The van der Waals surface area contributed by atoms with E-state index in [0.29, 0.717) is 24.5 Å². The van der Waals surface area contributed by atoms with Gasteiger partial charge < -0.3 is 15.0 Å². The molecular formula is C24H31N3O5S. The Kier molecular flexibility index (Phi) is 8.46.